The summed E-state index contributed by atoms with van der Waals surface area (Å²) in [6.45, 7) is 1.92. The van der Waals surface area contributed by atoms with E-state index in [0.717, 1.165) is 5.56 Å². The minimum atomic E-state index is -0.969. The first-order valence-electron chi connectivity index (χ1n) is 8.66. The van der Waals surface area contributed by atoms with Crippen molar-refractivity contribution >= 4 is 29.4 Å². The number of hydrogen-bond acceptors (Lipinski definition) is 6. The summed E-state index contributed by atoms with van der Waals surface area (Å²) in [6, 6.07) is 6.85. The van der Waals surface area contributed by atoms with Crippen molar-refractivity contribution in [3.05, 3.63) is 34.9 Å². The van der Waals surface area contributed by atoms with E-state index >= 15 is 0 Å². The van der Waals surface area contributed by atoms with Gasteiger partial charge in [-0.05, 0) is 32.0 Å². The molecule has 3 atom stereocenters. The maximum Gasteiger partial charge on any atom is 0.326 e. The highest BCUT2D eigenvalue weighted by atomic mass is 35.5. The number of likely N-dealkylation sites (tertiary alicyclic amines) is 1. The average Bonchev–Trinajstić information content (AvgIpc) is 2.93. The molecule has 148 valence electrons. The van der Waals surface area contributed by atoms with Crippen LogP contribution in [0.3, 0.4) is 0 Å². The Kier molecular flexibility index (Phi) is 6.84. The Labute approximate surface area is 163 Å². The van der Waals surface area contributed by atoms with E-state index in [-0.39, 0.29) is 25.3 Å². The number of hydrogen-bond donors (Lipinski definition) is 1. The largest absolute Gasteiger partial charge is 0.469 e. The molecular formula is C19H25ClN2O5. The number of carbonyl (C=O) groups is 3. The van der Waals surface area contributed by atoms with Crippen LogP contribution in [0.25, 0.3) is 0 Å². The second kappa shape index (κ2) is 8.71. The van der Waals surface area contributed by atoms with E-state index < -0.39 is 29.4 Å². The molecule has 1 aliphatic rings. The van der Waals surface area contributed by atoms with E-state index in [2.05, 4.69) is 10.1 Å². The van der Waals surface area contributed by atoms with Gasteiger partial charge in [0.25, 0.3) is 0 Å². The molecule has 1 saturated heterocycles. The highest BCUT2D eigenvalue weighted by Gasteiger charge is 2.55. The third kappa shape index (κ3) is 4.25. The first kappa shape index (κ1) is 21.2. The average molecular weight is 397 g/mol. The molecule has 0 spiro atoms. The van der Waals surface area contributed by atoms with Crippen molar-refractivity contribution in [2.45, 2.75) is 31.3 Å². The van der Waals surface area contributed by atoms with Gasteiger partial charge >= 0.3 is 11.9 Å². The van der Waals surface area contributed by atoms with Crippen LogP contribution >= 0.6 is 11.6 Å². The number of esters is 2. The SMILES string of the molecule is COC(=O)CCNC(=O)[C@H]1C[C@@](C)(C(=O)OC)N(C)[C@H]1c1ccccc1Cl. The zero-order chi connectivity index (χ0) is 20.2. The fourth-order valence-electron chi connectivity index (χ4n) is 3.61. The lowest BCUT2D eigenvalue weighted by Crippen LogP contribution is -2.47. The number of nitrogens with zero attached hydrogens (tertiary/aromatic N) is 1. The number of likely N-dealkylation sites (N-methyl/N-ethyl adjacent to an activating group) is 1. The molecule has 27 heavy (non-hydrogen) atoms. The van der Waals surface area contributed by atoms with Gasteiger partial charge in [0.05, 0.1) is 26.6 Å². The van der Waals surface area contributed by atoms with E-state index in [1.165, 1.54) is 14.2 Å². The molecule has 8 heteroatoms. The van der Waals surface area contributed by atoms with Crippen molar-refractivity contribution < 1.29 is 23.9 Å². The number of halogens is 1. The maximum atomic E-state index is 12.9. The zero-order valence-corrected chi connectivity index (χ0v) is 16.7. The third-order valence-corrected chi connectivity index (χ3v) is 5.58. The Bertz CT molecular complexity index is 726. The summed E-state index contributed by atoms with van der Waals surface area (Å²) in [5.41, 5.74) is -0.203. The molecule has 1 amide bonds. The van der Waals surface area contributed by atoms with Crippen LogP contribution in [-0.4, -0.2) is 56.1 Å². The lowest BCUT2D eigenvalue weighted by Gasteiger charge is -2.33. The van der Waals surface area contributed by atoms with Crippen LogP contribution in [0.4, 0.5) is 0 Å². The second-order valence-corrected chi connectivity index (χ2v) is 7.18. The molecule has 0 bridgehead atoms. The van der Waals surface area contributed by atoms with Gasteiger partial charge in [0.2, 0.25) is 5.91 Å². The first-order valence-corrected chi connectivity index (χ1v) is 9.04. The van der Waals surface area contributed by atoms with Crippen molar-refractivity contribution in [3.8, 4) is 0 Å². The van der Waals surface area contributed by atoms with Crippen LogP contribution in [0.2, 0.25) is 5.02 Å². The van der Waals surface area contributed by atoms with E-state index in [0.29, 0.717) is 5.02 Å². The number of ether oxygens (including phenoxy) is 2. The minimum absolute atomic E-state index is 0.0792. The van der Waals surface area contributed by atoms with E-state index in [4.69, 9.17) is 16.3 Å². The number of methoxy groups -OCH3 is 2. The first-order chi connectivity index (χ1) is 12.8. The fourth-order valence-corrected chi connectivity index (χ4v) is 3.85. The van der Waals surface area contributed by atoms with Gasteiger partial charge in [0.15, 0.2) is 0 Å². The molecule has 1 aliphatic heterocycles. The monoisotopic (exact) mass is 396 g/mol. The predicted octanol–water partition coefficient (Wildman–Crippen LogP) is 1.94. The smallest absolute Gasteiger partial charge is 0.326 e. The molecule has 1 heterocycles. The number of rotatable bonds is 6. The van der Waals surface area contributed by atoms with Gasteiger partial charge in [-0.15, -0.1) is 0 Å². The van der Waals surface area contributed by atoms with Gasteiger partial charge in [0, 0.05) is 17.6 Å². The summed E-state index contributed by atoms with van der Waals surface area (Å²) in [7, 11) is 4.41. The standard InChI is InChI=1S/C19H25ClN2O5/c1-19(18(25)27-4)11-13(17(24)21-10-9-15(23)26-3)16(22(19)2)12-7-5-6-8-14(12)20/h5-8,13,16H,9-11H2,1-4H3,(H,21,24)/t13-,16-,19-/m0/s1. The molecular weight excluding hydrogens is 372 g/mol. The second-order valence-electron chi connectivity index (χ2n) is 6.77. The summed E-state index contributed by atoms with van der Waals surface area (Å²) >= 11 is 6.38. The summed E-state index contributed by atoms with van der Waals surface area (Å²) in [5.74, 6) is -1.59. The number of nitrogens with one attached hydrogen (secondary N) is 1. The lowest BCUT2D eigenvalue weighted by atomic mass is 9.89. The molecule has 0 saturated carbocycles. The van der Waals surface area contributed by atoms with Gasteiger partial charge in [-0.2, -0.15) is 0 Å². The summed E-state index contributed by atoms with van der Waals surface area (Å²) in [5, 5.41) is 3.29. The van der Waals surface area contributed by atoms with Gasteiger partial charge < -0.3 is 14.8 Å². The quantitative estimate of drug-likeness (QED) is 0.740. The van der Waals surface area contributed by atoms with Crippen molar-refractivity contribution in [1.29, 1.82) is 0 Å². The number of amides is 1. The Balaban J connectivity index is 2.31. The highest BCUT2D eigenvalue weighted by molar-refractivity contribution is 6.31. The van der Waals surface area contributed by atoms with Crippen LogP contribution in [0.15, 0.2) is 24.3 Å². The van der Waals surface area contributed by atoms with Crippen molar-refractivity contribution in [2.24, 2.45) is 5.92 Å². The van der Waals surface area contributed by atoms with E-state index in [1.54, 1.807) is 20.0 Å². The van der Waals surface area contributed by atoms with Crippen molar-refractivity contribution in [1.82, 2.24) is 10.2 Å². The molecule has 1 aromatic carbocycles. The normalized spacial score (nSPS) is 25.1. The Morgan fingerprint density at radius 2 is 1.93 bits per heavy atom. The number of benzene rings is 1. The topological polar surface area (TPSA) is 84.9 Å². The van der Waals surface area contributed by atoms with Crippen molar-refractivity contribution in [3.63, 3.8) is 0 Å². The summed E-state index contributed by atoms with van der Waals surface area (Å²) < 4.78 is 9.55. The summed E-state index contributed by atoms with van der Waals surface area (Å²) in [4.78, 5) is 38.4. The lowest BCUT2D eigenvalue weighted by molar-refractivity contribution is -0.152. The molecule has 0 aromatic heterocycles. The van der Waals surface area contributed by atoms with Crippen LogP contribution < -0.4 is 5.32 Å². The number of carbonyl (C=O) groups excluding carboxylic acids is 3. The van der Waals surface area contributed by atoms with Crippen LogP contribution in [0.1, 0.15) is 31.4 Å². The highest BCUT2D eigenvalue weighted by Crippen LogP contribution is 2.47. The molecule has 1 fully saturated rings. The Morgan fingerprint density at radius 1 is 1.26 bits per heavy atom. The van der Waals surface area contributed by atoms with Crippen LogP contribution in [0.5, 0.6) is 0 Å². The van der Waals surface area contributed by atoms with E-state index in [9.17, 15) is 14.4 Å². The molecule has 0 aliphatic carbocycles. The van der Waals surface area contributed by atoms with Gasteiger partial charge in [-0.3, -0.25) is 19.3 Å². The molecule has 1 aromatic rings. The fraction of sp³-hybridized carbons (Fsp3) is 0.526. The van der Waals surface area contributed by atoms with Gasteiger partial charge in [-0.1, -0.05) is 29.8 Å². The molecule has 1 N–H and O–H groups in total. The minimum Gasteiger partial charge on any atom is -0.469 e. The van der Waals surface area contributed by atoms with Gasteiger partial charge in [-0.25, -0.2) is 0 Å². The maximum absolute atomic E-state index is 12.9. The molecule has 2 rings (SSSR count). The van der Waals surface area contributed by atoms with Crippen molar-refractivity contribution in [2.75, 3.05) is 27.8 Å². The predicted molar refractivity (Wildman–Crippen MR) is 100 cm³/mol. The molecule has 7 nitrogen and oxygen atoms in total. The zero-order valence-electron chi connectivity index (χ0n) is 16.0. The van der Waals surface area contributed by atoms with E-state index in [1.807, 2.05) is 23.1 Å². The van der Waals surface area contributed by atoms with Gasteiger partial charge in [0.1, 0.15) is 5.54 Å². The van der Waals surface area contributed by atoms with Crippen LogP contribution in [0, 0.1) is 5.92 Å². The Hall–Kier alpha value is -2.12. The third-order valence-electron chi connectivity index (χ3n) is 5.24. The Morgan fingerprint density at radius 3 is 2.52 bits per heavy atom. The van der Waals surface area contributed by atoms with Crippen LogP contribution in [-0.2, 0) is 23.9 Å². The molecule has 0 radical (unpaired) electrons. The molecule has 0 unspecified atom stereocenters. The summed E-state index contributed by atoms with van der Waals surface area (Å²) in [6.07, 6.45) is 0.353.